The molecule has 0 bridgehead atoms. The van der Waals surface area contributed by atoms with E-state index in [0.29, 0.717) is 0 Å². The lowest BCUT2D eigenvalue weighted by Crippen LogP contribution is -2.07. The third-order valence-electron chi connectivity index (χ3n) is 2.42. The number of hydrogen-bond donors (Lipinski definition) is 1. The number of nitrogens with zero attached hydrogens (tertiary/aromatic N) is 1. The van der Waals surface area contributed by atoms with E-state index in [1.807, 2.05) is 42.5 Å². The first-order chi connectivity index (χ1) is 8.92. The largest absolute Gasteiger partial charge is 0.405 e. The summed E-state index contributed by atoms with van der Waals surface area (Å²) in [5.74, 6) is 0.848. The summed E-state index contributed by atoms with van der Waals surface area (Å²) in [5.41, 5.74) is 7.71. The molecule has 2 N–H and O–H groups in total. The molecule has 92 valence electrons. The van der Waals surface area contributed by atoms with Gasteiger partial charge in [-0.15, -0.1) is 0 Å². The normalized spacial score (nSPS) is 10.7. The molecule has 0 saturated heterocycles. The van der Waals surface area contributed by atoms with Crippen LogP contribution in [-0.4, -0.2) is 5.75 Å². The monoisotopic (exact) mass is 256 g/mol. The van der Waals surface area contributed by atoms with Crippen molar-refractivity contribution in [2.45, 2.75) is 0 Å². The molecule has 2 rings (SSSR count). The van der Waals surface area contributed by atoms with Crippen LogP contribution in [0.5, 0.6) is 0 Å². The fraction of sp³-hybridized carbons (Fsp3) is 0.0667. The Hall–Kier alpha value is -1.87. The maximum absolute atomic E-state index is 5.38. The minimum atomic E-state index is 0.848. The molecule has 0 aromatic heterocycles. The highest BCUT2D eigenvalue weighted by molar-refractivity contribution is 8.01. The zero-order valence-electron chi connectivity index (χ0n) is 10.1. The van der Waals surface area contributed by atoms with E-state index >= 15 is 0 Å². The molecular weight excluding hydrogens is 240 g/mol. The van der Waals surface area contributed by atoms with Gasteiger partial charge >= 0.3 is 0 Å². The van der Waals surface area contributed by atoms with Gasteiger partial charge in [0.15, 0.2) is 0 Å². The van der Waals surface area contributed by atoms with Crippen LogP contribution >= 0.6 is 11.9 Å². The number of benzene rings is 2. The first-order valence-electron chi connectivity index (χ1n) is 5.81. The molecule has 0 unspecified atom stereocenters. The third kappa shape index (κ3) is 3.31. The fourth-order valence-electron chi connectivity index (χ4n) is 1.60. The second-order valence-electron chi connectivity index (χ2n) is 3.69. The van der Waals surface area contributed by atoms with Crippen molar-refractivity contribution in [3.63, 3.8) is 0 Å². The van der Waals surface area contributed by atoms with E-state index < -0.39 is 0 Å². The number of para-hydroxylation sites is 2. The summed E-state index contributed by atoms with van der Waals surface area (Å²) >= 11 is 1.72. The Morgan fingerprint density at radius 1 is 0.889 bits per heavy atom. The topological polar surface area (TPSA) is 29.3 Å². The average molecular weight is 256 g/mol. The van der Waals surface area contributed by atoms with Crippen molar-refractivity contribution in [3.8, 4) is 0 Å². The van der Waals surface area contributed by atoms with Crippen LogP contribution in [0.15, 0.2) is 72.9 Å². The smallest absolute Gasteiger partial charge is 0.0525 e. The highest BCUT2D eigenvalue weighted by atomic mass is 32.2. The summed E-state index contributed by atoms with van der Waals surface area (Å²) < 4.78 is 2.21. The minimum Gasteiger partial charge on any atom is -0.405 e. The van der Waals surface area contributed by atoms with Gasteiger partial charge in [0.25, 0.3) is 0 Å². The predicted octanol–water partition coefficient (Wildman–Crippen LogP) is 3.95. The van der Waals surface area contributed by atoms with Gasteiger partial charge in [-0.05, 0) is 42.4 Å². The average Bonchev–Trinajstić information content (AvgIpc) is 2.46. The van der Waals surface area contributed by atoms with Crippen LogP contribution in [0.4, 0.5) is 11.4 Å². The van der Waals surface area contributed by atoms with Crippen molar-refractivity contribution >= 4 is 23.3 Å². The molecule has 0 aliphatic heterocycles. The Labute approximate surface area is 112 Å². The Morgan fingerprint density at radius 3 is 1.83 bits per heavy atom. The number of anilines is 2. The van der Waals surface area contributed by atoms with Crippen LogP contribution < -0.4 is 10.0 Å². The summed E-state index contributed by atoms with van der Waals surface area (Å²) in [6.07, 6.45) is 3.53. The Bertz CT molecular complexity index is 443. The first kappa shape index (κ1) is 12.6. The molecule has 0 fully saturated rings. The van der Waals surface area contributed by atoms with Gasteiger partial charge < -0.3 is 5.73 Å². The highest BCUT2D eigenvalue weighted by Crippen LogP contribution is 2.31. The molecular formula is C15H16N2S. The zero-order valence-corrected chi connectivity index (χ0v) is 10.9. The van der Waals surface area contributed by atoms with Gasteiger partial charge in [-0.2, -0.15) is 0 Å². The van der Waals surface area contributed by atoms with Gasteiger partial charge in [-0.1, -0.05) is 42.5 Å². The molecule has 2 aromatic rings. The van der Waals surface area contributed by atoms with Crippen molar-refractivity contribution in [1.29, 1.82) is 0 Å². The van der Waals surface area contributed by atoms with E-state index in [4.69, 9.17) is 5.73 Å². The van der Waals surface area contributed by atoms with Crippen LogP contribution in [0.2, 0.25) is 0 Å². The van der Waals surface area contributed by atoms with Crippen molar-refractivity contribution in [2.75, 3.05) is 10.1 Å². The Kier molecular flexibility index (Phi) is 4.73. The van der Waals surface area contributed by atoms with Gasteiger partial charge in [0.05, 0.1) is 11.4 Å². The highest BCUT2D eigenvalue weighted by Gasteiger charge is 2.08. The lowest BCUT2D eigenvalue weighted by molar-refractivity contribution is 1.42. The van der Waals surface area contributed by atoms with Gasteiger partial charge in [0, 0.05) is 5.75 Å². The SMILES string of the molecule is NC=CCSN(c1ccccc1)c1ccccc1. The van der Waals surface area contributed by atoms with Crippen molar-refractivity contribution in [1.82, 2.24) is 0 Å². The molecule has 2 nitrogen and oxygen atoms in total. The fourth-order valence-corrected chi connectivity index (χ4v) is 2.49. The standard InChI is InChI=1S/C15H16N2S/c16-12-7-13-18-17(14-8-3-1-4-9-14)15-10-5-2-6-11-15/h1-12H,13,16H2. The molecule has 0 amide bonds. The van der Waals surface area contributed by atoms with Crippen molar-refractivity contribution < 1.29 is 0 Å². The first-order valence-corrected chi connectivity index (χ1v) is 6.76. The number of rotatable bonds is 5. The lowest BCUT2D eigenvalue weighted by Gasteiger charge is -2.22. The van der Waals surface area contributed by atoms with Crippen LogP contribution in [0.3, 0.4) is 0 Å². The summed E-state index contributed by atoms with van der Waals surface area (Å²) in [5, 5.41) is 0. The molecule has 0 atom stereocenters. The molecule has 2 aromatic carbocycles. The quantitative estimate of drug-likeness (QED) is 0.821. The molecule has 0 aliphatic rings. The van der Waals surface area contributed by atoms with Gasteiger partial charge in [-0.25, -0.2) is 0 Å². The second kappa shape index (κ2) is 6.77. The molecule has 0 spiro atoms. The van der Waals surface area contributed by atoms with E-state index in [1.165, 1.54) is 11.4 Å². The second-order valence-corrected chi connectivity index (χ2v) is 4.65. The molecule has 18 heavy (non-hydrogen) atoms. The maximum atomic E-state index is 5.38. The van der Waals surface area contributed by atoms with E-state index in [1.54, 1.807) is 18.1 Å². The zero-order chi connectivity index (χ0) is 12.6. The minimum absolute atomic E-state index is 0.848. The Balaban J connectivity index is 2.23. The van der Waals surface area contributed by atoms with E-state index in [9.17, 15) is 0 Å². The molecule has 0 aliphatic carbocycles. The molecule has 0 saturated carbocycles. The van der Waals surface area contributed by atoms with Gasteiger partial charge in [0.2, 0.25) is 0 Å². The number of hydrogen-bond acceptors (Lipinski definition) is 3. The summed E-state index contributed by atoms with van der Waals surface area (Å²) in [7, 11) is 0. The predicted molar refractivity (Wildman–Crippen MR) is 80.8 cm³/mol. The van der Waals surface area contributed by atoms with Gasteiger partial charge in [0.1, 0.15) is 0 Å². The molecule has 0 radical (unpaired) electrons. The maximum Gasteiger partial charge on any atom is 0.0525 e. The van der Waals surface area contributed by atoms with Crippen molar-refractivity contribution in [3.05, 3.63) is 72.9 Å². The van der Waals surface area contributed by atoms with Gasteiger partial charge in [-0.3, -0.25) is 4.31 Å². The molecule has 3 heteroatoms. The Morgan fingerprint density at radius 2 is 1.39 bits per heavy atom. The summed E-state index contributed by atoms with van der Waals surface area (Å²) in [6.45, 7) is 0. The van der Waals surface area contributed by atoms with Crippen LogP contribution in [0.25, 0.3) is 0 Å². The van der Waals surface area contributed by atoms with E-state index in [0.717, 1.165) is 5.75 Å². The molecule has 0 heterocycles. The van der Waals surface area contributed by atoms with Crippen LogP contribution in [0, 0.1) is 0 Å². The summed E-state index contributed by atoms with van der Waals surface area (Å²) in [6, 6.07) is 20.6. The van der Waals surface area contributed by atoms with E-state index in [2.05, 4.69) is 28.6 Å². The van der Waals surface area contributed by atoms with Crippen LogP contribution in [0.1, 0.15) is 0 Å². The van der Waals surface area contributed by atoms with Crippen molar-refractivity contribution in [2.24, 2.45) is 5.73 Å². The third-order valence-corrected chi connectivity index (χ3v) is 3.44. The van der Waals surface area contributed by atoms with Crippen LogP contribution in [-0.2, 0) is 0 Å². The number of nitrogens with two attached hydrogens (primary N) is 1. The lowest BCUT2D eigenvalue weighted by atomic mass is 10.3. The van der Waals surface area contributed by atoms with E-state index in [-0.39, 0.29) is 0 Å². The summed E-state index contributed by atoms with van der Waals surface area (Å²) in [4.78, 5) is 0.